The third-order valence-electron chi connectivity index (χ3n) is 6.72. The van der Waals surface area contributed by atoms with E-state index in [2.05, 4.69) is 33.9 Å². The van der Waals surface area contributed by atoms with Crippen LogP contribution in [0.1, 0.15) is 16.8 Å². The molecular weight excluding hydrogens is 524 g/mol. The van der Waals surface area contributed by atoms with E-state index < -0.39 is 0 Å². The largest absolute Gasteiger partial charge is 0.445 e. The number of benzene rings is 2. The van der Waals surface area contributed by atoms with Gasteiger partial charge in [0, 0.05) is 40.7 Å². The first kappa shape index (κ1) is 24.1. The summed E-state index contributed by atoms with van der Waals surface area (Å²) >= 11 is 3.56. The monoisotopic (exact) mass is 550 g/mol. The van der Waals surface area contributed by atoms with Crippen LogP contribution in [0.15, 0.2) is 65.7 Å². The number of hydrogen-bond donors (Lipinski definition) is 1. The van der Waals surface area contributed by atoms with Crippen LogP contribution in [-0.4, -0.2) is 58.0 Å². The topological polar surface area (TPSA) is 83.9 Å². The highest BCUT2D eigenvalue weighted by molar-refractivity contribution is 9.10. The van der Waals surface area contributed by atoms with Gasteiger partial charge in [0.15, 0.2) is 0 Å². The highest BCUT2D eigenvalue weighted by atomic mass is 79.9. The van der Waals surface area contributed by atoms with E-state index in [4.69, 9.17) is 4.74 Å². The molecular formula is C27H27BrN4O4. The van der Waals surface area contributed by atoms with Crippen molar-refractivity contribution in [1.82, 2.24) is 19.7 Å². The van der Waals surface area contributed by atoms with Gasteiger partial charge in [0.1, 0.15) is 13.2 Å². The van der Waals surface area contributed by atoms with Crippen LogP contribution in [0.4, 0.5) is 4.79 Å². The summed E-state index contributed by atoms with van der Waals surface area (Å²) in [6.45, 7) is 5.73. The highest BCUT2D eigenvalue weighted by Gasteiger charge is 2.32. The van der Waals surface area contributed by atoms with Crippen molar-refractivity contribution in [2.24, 2.45) is 0 Å². The zero-order valence-electron chi connectivity index (χ0n) is 19.8. The van der Waals surface area contributed by atoms with Crippen LogP contribution >= 0.6 is 15.9 Å². The van der Waals surface area contributed by atoms with Gasteiger partial charge in [-0.15, -0.1) is 0 Å². The van der Waals surface area contributed by atoms with Crippen molar-refractivity contribution in [1.29, 1.82) is 0 Å². The molecule has 0 aliphatic carbocycles. The molecule has 0 radical (unpaired) electrons. The molecule has 1 N–H and O–H groups in total. The first-order valence-electron chi connectivity index (χ1n) is 11.9. The first-order valence-corrected chi connectivity index (χ1v) is 12.7. The summed E-state index contributed by atoms with van der Waals surface area (Å²) in [5.74, 6) is -0.257. The number of nitrogens with one attached hydrogen (secondary N) is 1. The fraction of sp³-hybridized carbons (Fsp3) is 0.296. The van der Waals surface area contributed by atoms with Crippen molar-refractivity contribution in [2.45, 2.75) is 32.2 Å². The van der Waals surface area contributed by atoms with Crippen LogP contribution < -0.4 is 5.32 Å². The van der Waals surface area contributed by atoms with Crippen molar-refractivity contribution in [3.63, 3.8) is 0 Å². The standard InChI is InChI=1S/C27H27BrN4O4/c1-2-26(34)31-13-20(14-31)29-25(33)16-32-23-9-8-19(28)12-22(23)21-10-11-30(15-24(21)32)27(35)36-17-18-6-4-3-5-7-18/h2-9,12,20H,1,10-11,13-17H2,(H,29,33). The van der Waals surface area contributed by atoms with E-state index in [1.54, 1.807) is 9.80 Å². The molecule has 3 amide bonds. The van der Waals surface area contributed by atoms with Crippen molar-refractivity contribution < 1.29 is 19.1 Å². The number of likely N-dealkylation sites (tertiary alicyclic amines) is 1. The number of rotatable bonds is 6. The zero-order chi connectivity index (χ0) is 25.2. The minimum Gasteiger partial charge on any atom is -0.445 e. The lowest BCUT2D eigenvalue weighted by Gasteiger charge is -2.39. The van der Waals surface area contributed by atoms with Crippen molar-refractivity contribution >= 4 is 44.7 Å². The molecule has 186 valence electrons. The average Bonchev–Trinajstić information content (AvgIpc) is 3.16. The fourth-order valence-electron chi connectivity index (χ4n) is 4.86. The summed E-state index contributed by atoms with van der Waals surface area (Å²) in [6, 6.07) is 15.5. The van der Waals surface area contributed by atoms with Gasteiger partial charge < -0.3 is 24.4 Å². The molecule has 2 aromatic carbocycles. The molecule has 2 aliphatic rings. The third-order valence-corrected chi connectivity index (χ3v) is 7.21. The normalized spacial score (nSPS) is 15.2. The summed E-state index contributed by atoms with van der Waals surface area (Å²) in [6.07, 6.45) is 1.59. The Hall–Kier alpha value is -3.59. The molecule has 0 saturated carbocycles. The van der Waals surface area contributed by atoms with Crippen molar-refractivity contribution in [3.05, 3.63) is 82.5 Å². The Morgan fingerprint density at radius 2 is 1.89 bits per heavy atom. The summed E-state index contributed by atoms with van der Waals surface area (Å²) in [5, 5.41) is 4.10. The number of carbonyl (C=O) groups excluding carboxylic acids is 3. The maximum Gasteiger partial charge on any atom is 0.410 e. The molecule has 1 fully saturated rings. The maximum atomic E-state index is 13.0. The number of nitrogens with zero attached hydrogens (tertiary/aromatic N) is 3. The predicted octanol–water partition coefficient (Wildman–Crippen LogP) is 3.61. The molecule has 0 spiro atoms. The first-order chi connectivity index (χ1) is 17.4. The lowest BCUT2D eigenvalue weighted by Crippen LogP contribution is -2.61. The second-order valence-corrected chi connectivity index (χ2v) is 10.0. The number of carbonyl (C=O) groups is 3. The smallest absolute Gasteiger partial charge is 0.410 e. The fourth-order valence-corrected chi connectivity index (χ4v) is 5.22. The zero-order valence-corrected chi connectivity index (χ0v) is 21.4. The minimum absolute atomic E-state index is 0.0716. The molecule has 0 unspecified atom stereocenters. The van der Waals surface area contributed by atoms with Crippen LogP contribution in [-0.2, 0) is 40.4 Å². The molecule has 0 atom stereocenters. The Morgan fingerprint density at radius 3 is 2.64 bits per heavy atom. The van der Waals surface area contributed by atoms with Gasteiger partial charge in [0.2, 0.25) is 11.8 Å². The molecule has 3 heterocycles. The second-order valence-electron chi connectivity index (χ2n) is 9.10. The van der Waals surface area contributed by atoms with Crippen LogP contribution in [0.25, 0.3) is 10.9 Å². The average molecular weight is 551 g/mol. The Kier molecular flexibility index (Phi) is 6.82. The molecule has 5 rings (SSSR count). The molecule has 1 saturated heterocycles. The van der Waals surface area contributed by atoms with E-state index in [9.17, 15) is 14.4 Å². The Morgan fingerprint density at radius 1 is 1.11 bits per heavy atom. The van der Waals surface area contributed by atoms with Gasteiger partial charge >= 0.3 is 6.09 Å². The van der Waals surface area contributed by atoms with Gasteiger partial charge in [-0.25, -0.2) is 4.79 Å². The maximum absolute atomic E-state index is 13.0. The summed E-state index contributed by atoms with van der Waals surface area (Å²) in [4.78, 5) is 40.8. The van der Waals surface area contributed by atoms with Gasteiger partial charge in [0.25, 0.3) is 0 Å². The summed E-state index contributed by atoms with van der Waals surface area (Å²) in [5.41, 5.74) is 3.98. The van der Waals surface area contributed by atoms with Crippen LogP contribution in [0.2, 0.25) is 0 Å². The minimum atomic E-state index is -0.367. The lowest BCUT2D eigenvalue weighted by molar-refractivity contribution is -0.133. The van der Waals surface area contributed by atoms with E-state index >= 15 is 0 Å². The third kappa shape index (κ3) is 4.88. The lowest BCUT2D eigenvalue weighted by atomic mass is 10.0. The molecule has 2 aliphatic heterocycles. The number of aromatic nitrogens is 1. The Bertz CT molecular complexity index is 1330. The number of halogens is 1. The van der Waals surface area contributed by atoms with Gasteiger partial charge in [0.05, 0.1) is 12.6 Å². The van der Waals surface area contributed by atoms with E-state index in [-0.39, 0.29) is 37.1 Å². The summed E-state index contributed by atoms with van der Waals surface area (Å²) < 4.78 is 8.52. The van der Waals surface area contributed by atoms with E-state index in [0.717, 1.165) is 32.2 Å². The predicted molar refractivity (Wildman–Crippen MR) is 139 cm³/mol. The van der Waals surface area contributed by atoms with Crippen LogP contribution in [0.3, 0.4) is 0 Å². The molecule has 9 heteroatoms. The van der Waals surface area contributed by atoms with Crippen LogP contribution in [0, 0.1) is 0 Å². The van der Waals surface area contributed by atoms with E-state index in [0.29, 0.717) is 32.6 Å². The van der Waals surface area contributed by atoms with Crippen LogP contribution in [0.5, 0.6) is 0 Å². The quantitative estimate of drug-likeness (QED) is 0.475. The van der Waals surface area contributed by atoms with Gasteiger partial charge in [-0.2, -0.15) is 0 Å². The molecule has 1 aromatic heterocycles. The van der Waals surface area contributed by atoms with Crippen molar-refractivity contribution in [3.8, 4) is 0 Å². The SMILES string of the molecule is C=CC(=O)N1CC(NC(=O)Cn2c3c(c4cc(Br)ccc42)CCN(C(=O)OCc2ccccc2)C3)C1. The Labute approximate surface area is 217 Å². The van der Waals surface area contributed by atoms with Gasteiger partial charge in [-0.1, -0.05) is 52.8 Å². The number of fused-ring (bicyclic) bond motifs is 3. The molecule has 0 bridgehead atoms. The molecule has 3 aromatic rings. The van der Waals surface area contributed by atoms with Gasteiger partial charge in [-0.05, 0) is 41.8 Å². The molecule has 8 nitrogen and oxygen atoms in total. The number of ether oxygens (including phenoxy) is 1. The second kappa shape index (κ2) is 10.2. The molecule has 36 heavy (non-hydrogen) atoms. The number of amides is 3. The van der Waals surface area contributed by atoms with E-state index in [1.807, 2.05) is 47.0 Å². The van der Waals surface area contributed by atoms with E-state index in [1.165, 1.54) is 6.08 Å². The van der Waals surface area contributed by atoms with Crippen molar-refractivity contribution in [2.75, 3.05) is 19.6 Å². The highest BCUT2D eigenvalue weighted by Crippen LogP contribution is 2.33. The summed E-state index contributed by atoms with van der Waals surface area (Å²) in [7, 11) is 0. The number of hydrogen-bond acceptors (Lipinski definition) is 4. The Balaban J connectivity index is 1.31. The van der Waals surface area contributed by atoms with Gasteiger partial charge in [-0.3, -0.25) is 9.59 Å².